The Morgan fingerprint density at radius 1 is 1.31 bits per heavy atom. The van der Waals surface area contributed by atoms with Gasteiger partial charge >= 0.3 is 6.01 Å². The molecule has 0 saturated carbocycles. The van der Waals surface area contributed by atoms with E-state index in [2.05, 4.69) is 15.1 Å². The predicted molar refractivity (Wildman–Crippen MR) is 90.5 cm³/mol. The fraction of sp³-hybridized carbons (Fsp3) is 0.529. The van der Waals surface area contributed by atoms with Crippen molar-refractivity contribution >= 4 is 5.91 Å². The SMILES string of the molecule is COc1nccc(OC2CCN(C(=O)c3cnn4c3OCCC4)CC2)n1. The summed E-state index contributed by atoms with van der Waals surface area (Å²) in [5.41, 5.74) is 0.546. The van der Waals surface area contributed by atoms with Crippen LogP contribution in [0.5, 0.6) is 17.8 Å². The molecule has 0 atom stereocenters. The van der Waals surface area contributed by atoms with Crippen LogP contribution in [0.4, 0.5) is 0 Å². The molecule has 26 heavy (non-hydrogen) atoms. The van der Waals surface area contributed by atoms with Gasteiger partial charge in [0, 0.05) is 51.2 Å². The Bertz CT molecular complexity index is 785. The molecule has 4 rings (SSSR count). The number of likely N-dealkylation sites (tertiary alicyclic amines) is 1. The molecule has 0 unspecified atom stereocenters. The van der Waals surface area contributed by atoms with E-state index >= 15 is 0 Å². The van der Waals surface area contributed by atoms with Crippen molar-refractivity contribution in [3.05, 3.63) is 24.0 Å². The van der Waals surface area contributed by atoms with Gasteiger partial charge in [-0.2, -0.15) is 10.1 Å². The first-order valence-electron chi connectivity index (χ1n) is 8.76. The van der Waals surface area contributed by atoms with Gasteiger partial charge in [0.2, 0.25) is 11.8 Å². The van der Waals surface area contributed by atoms with Gasteiger partial charge in [-0.25, -0.2) is 9.67 Å². The number of rotatable bonds is 4. The predicted octanol–water partition coefficient (Wildman–Crippen LogP) is 1.15. The van der Waals surface area contributed by atoms with Crippen LogP contribution in [0.3, 0.4) is 0 Å². The van der Waals surface area contributed by atoms with Gasteiger partial charge < -0.3 is 19.1 Å². The van der Waals surface area contributed by atoms with E-state index in [1.807, 2.05) is 4.90 Å². The van der Waals surface area contributed by atoms with E-state index in [1.54, 1.807) is 23.1 Å². The Morgan fingerprint density at radius 2 is 2.15 bits per heavy atom. The second-order valence-electron chi connectivity index (χ2n) is 6.28. The molecule has 9 heteroatoms. The van der Waals surface area contributed by atoms with Crippen LogP contribution in [0.15, 0.2) is 18.5 Å². The molecular weight excluding hydrogens is 338 g/mol. The third-order valence-corrected chi connectivity index (χ3v) is 4.58. The topological polar surface area (TPSA) is 91.6 Å². The molecule has 2 aromatic heterocycles. The number of aryl methyl sites for hydroxylation is 1. The minimum absolute atomic E-state index is 0.0102. The number of methoxy groups -OCH3 is 1. The van der Waals surface area contributed by atoms with Crippen LogP contribution >= 0.6 is 0 Å². The van der Waals surface area contributed by atoms with Crippen LogP contribution in [0.25, 0.3) is 0 Å². The molecule has 0 N–H and O–H groups in total. The summed E-state index contributed by atoms with van der Waals surface area (Å²) in [6.07, 6.45) is 5.61. The highest BCUT2D eigenvalue weighted by molar-refractivity contribution is 5.96. The number of carbonyl (C=O) groups excluding carboxylic acids is 1. The first-order valence-corrected chi connectivity index (χ1v) is 8.76. The zero-order valence-corrected chi connectivity index (χ0v) is 14.6. The molecule has 2 aliphatic rings. The number of fused-ring (bicyclic) bond motifs is 1. The number of hydrogen-bond donors (Lipinski definition) is 0. The number of ether oxygens (including phenoxy) is 3. The Morgan fingerprint density at radius 3 is 2.96 bits per heavy atom. The number of carbonyl (C=O) groups is 1. The van der Waals surface area contributed by atoms with Crippen molar-refractivity contribution in [3.8, 4) is 17.8 Å². The Labute approximate surface area is 150 Å². The summed E-state index contributed by atoms with van der Waals surface area (Å²) in [4.78, 5) is 22.8. The second kappa shape index (κ2) is 7.19. The average Bonchev–Trinajstić information content (AvgIpc) is 3.12. The van der Waals surface area contributed by atoms with E-state index in [4.69, 9.17) is 14.2 Å². The van der Waals surface area contributed by atoms with Crippen molar-refractivity contribution in [3.63, 3.8) is 0 Å². The summed E-state index contributed by atoms with van der Waals surface area (Å²) in [6.45, 7) is 2.66. The smallest absolute Gasteiger partial charge is 0.319 e. The van der Waals surface area contributed by atoms with Crippen molar-refractivity contribution in [1.29, 1.82) is 0 Å². The lowest BCUT2D eigenvalue weighted by molar-refractivity contribution is 0.0581. The lowest BCUT2D eigenvalue weighted by atomic mass is 10.1. The quantitative estimate of drug-likeness (QED) is 0.808. The maximum Gasteiger partial charge on any atom is 0.319 e. The Balaban J connectivity index is 1.36. The molecule has 0 aromatic carbocycles. The van der Waals surface area contributed by atoms with Crippen molar-refractivity contribution in [2.75, 3.05) is 26.8 Å². The van der Waals surface area contributed by atoms with E-state index in [0.29, 0.717) is 37.0 Å². The summed E-state index contributed by atoms with van der Waals surface area (Å²) in [5.74, 6) is 1.05. The largest absolute Gasteiger partial charge is 0.477 e. The fourth-order valence-corrected chi connectivity index (χ4v) is 3.22. The van der Waals surface area contributed by atoms with Crippen molar-refractivity contribution in [2.45, 2.75) is 31.9 Å². The minimum atomic E-state index is -0.0321. The summed E-state index contributed by atoms with van der Waals surface area (Å²) in [6, 6.07) is 1.98. The molecule has 2 aromatic rings. The number of piperidine rings is 1. The van der Waals surface area contributed by atoms with Gasteiger partial charge in [0.25, 0.3) is 5.91 Å². The molecule has 9 nitrogen and oxygen atoms in total. The molecule has 1 fully saturated rings. The van der Waals surface area contributed by atoms with Gasteiger partial charge in [-0.3, -0.25) is 4.79 Å². The number of amides is 1. The molecule has 138 valence electrons. The maximum atomic E-state index is 12.8. The molecule has 2 aliphatic heterocycles. The number of nitrogens with zero attached hydrogens (tertiary/aromatic N) is 5. The van der Waals surface area contributed by atoms with Gasteiger partial charge in [0.15, 0.2) is 0 Å². The summed E-state index contributed by atoms with van der Waals surface area (Å²) >= 11 is 0. The van der Waals surface area contributed by atoms with Crippen molar-refractivity contribution in [1.82, 2.24) is 24.6 Å². The van der Waals surface area contributed by atoms with Gasteiger partial charge in [0.05, 0.1) is 19.9 Å². The summed E-state index contributed by atoms with van der Waals surface area (Å²) in [7, 11) is 1.52. The second-order valence-corrected chi connectivity index (χ2v) is 6.28. The minimum Gasteiger partial charge on any atom is -0.477 e. The summed E-state index contributed by atoms with van der Waals surface area (Å²) < 4.78 is 18.3. The monoisotopic (exact) mass is 359 g/mol. The summed E-state index contributed by atoms with van der Waals surface area (Å²) in [5, 5.41) is 4.25. The Hall–Kier alpha value is -2.84. The molecular formula is C17H21N5O4. The first-order chi connectivity index (χ1) is 12.7. The number of aromatic nitrogens is 4. The maximum absolute atomic E-state index is 12.8. The van der Waals surface area contributed by atoms with Crippen molar-refractivity contribution < 1.29 is 19.0 Å². The zero-order chi connectivity index (χ0) is 17.9. The molecule has 0 spiro atoms. The van der Waals surface area contributed by atoms with E-state index in [-0.39, 0.29) is 18.0 Å². The zero-order valence-electron chi connectivity index (χ0n) is 14.6. The number of hydrogen-bond acceptors (Lipinski definition) is 7. The lowest BCUT2D eigenvalue weighted by Crippen LogP contribution is -2.42. The van der Waals surface area contributed by atoms with E-state index in [1.165, 1.54) is 7.11 Å². The standard InChI is InChI=1S/C17H21N5O4/c1-24-17-18-6-3-14(20-17)26-12-4-8-21(9-5-12)15(23)13-11-19-22-7-2-10-25-16(13)22/h3,6,11-12H,2,4-5,7-10H2,1H3. The molecule has 0 bridgehead atoms. The highest BCUT2D eigenvalue weighted by Crippen LogP contribution is 2.25. The molecule has 0 aliphatic carbocycles. The first kappa shape index (κ1) is 16.6. The van der Waals surface area contributed by atoms with Crippen LogP contribution in [-0.4, -0.2) is 63.5 Å². The van der Waals surface area contributed by atoms with E-state index < -0.39 is 0 Å². The average molecular weight is 359 g/mol. The lowest BCUT2D eigenvalue weighted by Gasteiger charge is -2.32. The fourth-order valence-electron chi connectivity index (χ4n) is 3.22. The van der Waals surface area contributed by atoms with Crippen LogP contribution in [0, 0.1) is 0 Å². The van der Waals surface area contributed by atoms with E-state index in [9.17, 15) is 4.79 Å². The molecule has 1 saturated heterocycles. The van der Waals surface area contributed by atoms with Gasteiger partial charge in [0.1, 0.15) is 11.7 Å². The van der Waals surface area contributed by atoms with Crippen molar-refractivity contribution in [2.24, 2.45) is 0 Å². The van der Waals surface area contributed by atoms with Crippen LogP contribution < -0.4 is 14.2 Å². The molecule has 0 radical (unpaired) electrons. The van der Waals surface area contributed by atoms with Crippen LogP contribution in [-0.2, 0) is 6.54 Å². The molecule has 1 amide bonds. The normalized spacial score (nSPS) is 17.3. The highest BCUT2D eigenvalue weighted by Gasteiger charge is 2.29. The van der Waals surface area contributed by atoms with Gasteiger partial charge in [-0.15, -0.1) is 0 Å². The van der Waals surface area contributed by atoms with Gasteiger partial charge in [-0.1, -0.05) is 0 Å². The third-order valence-electron chi connectivity index (χ3n) is 4.58. The van der Waals surface area contributed by atoms with Crippen LogP contribution in [0.1, 0.15) is 29.6 Å². The van der Waals surface area contributed by atoms with E-state index in [0.717, 1.165) is 25.8 Å². The van der Waals surface area contributed by atoms with Gasteiger partial charge in [-0.05, 0) is 0 Å². The van der Waals surface area contributed by atoms with Crippen LogP contribution in [0.2, 0.25) is 0 Å². The third kappa shape index (κ3) is 3.29. The Kier molecular flexibility index (Phi) is 4.59. The molecule has 4 heterocycles. The highest BCUT2D eigenvalue weighted by atomic mass is 16.5.